The molecule has 0 radical (unpaired) electrons. The molecule has 13 heavy (non-hydrogen) atoms. The smallest absolute Gasteiger partial charge is 0.119 e. The predicted molar refractivity (Wildman–Crippen MR) is 60.2 cm³/mol. The number of hydrogen-bond donors (Lipinski definition) is 2. The maximum Gasteiger partial charge on any atom is 0.119 e. The molecule has 1 nitrogen and oxygen atoms in total. The van der Waals surface area contributed by atoms with Gasteiger partial charge in [-0.05, 0) is 54.5 Å². The van der Waals surface area contributed by atoms with Gasteiger partial charge in [0.25, 0.3) is 0 Å². The number of allylic oxidation sites excluding steroid dienone is 1. The molecular weight excluding hydrogens is 180 g/mol. The summed E-state index contributed by atoms with van der Waals surface area (Å²) in [5.74, 6) is 0.348. The molecule has 1 N–H and O–H groups in total. The molecular formula is C11H14OS. The molecule has 0 amide bonds. The minimum Gasteiger partial charge on any atom is -0.508 e. The Morgan fingerprint density at radius 1 is 1.38 bits per heavy atom. The lowest BCUT2D eigenvalue weighted by atomic mass is 10.0. The molecule has 0 fully saturated rings. The summed E-state index contributed by atoms with van der Waals surface area (Å²) in [6.45, 7) is 5.78. The third-order valence-electron chi connectivity index (χ3n) is 1.93. The van der Waals surface area contributed by atoms with Crippen LogP contribution in [0.15, 0.2) is 17.0 Å². The molecule has 0 unspecified atom stereocenters. The number of phenolic OH excluding ortho intramolecular Hbond substituents is 1. The van der Waals surface area contributed by atoms with Crippen LogP contribution in [0, 0.1) is 13.8 Å². The fraction of sp³-hybridized carbons (Fsp3) is 0.273. The van der Waals surface area contributed by atoms with E-state index in [1.54, 1.807) is 6.07 Å². The van der Waals surface area contributed by atoms with Crippen LogP contribution >= 0.6 is 12.6 Å². The standard InChI is InChI=1S/C11H14OS/c1-7-4-10(6-8(2)13)9(3)11(12)5-7/h4-6,12-13H,1-3H3/b8-6-. The summed E-state index contributed by atoms with van der Waals surface area (Å²) in [6, 6.07) is 3.80. The average molecular weight is 194 g/mol. The molecule has 70 valence electrons. The van der Waals surface area contributed by atoms with Gasteiger partial charge in [0.05, 0.1) is 0 Å². The van der Waals surface area contributed by atoms with E-state index >= 15 is 0 Å². The number of aromatic hydroxyl groups is 1. The van der Waals surface area contributed by atoms with Gasteiger partial charge >= 0.3 is 0 Å². The maximum atomic E-state index is 9.54. The summed E-state index contributed by atoms with van der Waals surface area (Å²) in [5.41, 5.74) is 2.99. The molecule has 2 heteroatoms. The van der Waals surface area contributed by atoms with Crippen LogP contribution in [0.5, 0.6) is 5.75 Å². The zero-order chi connectivity index (χ0) is 10.0. The number of benzene rings is 1. The van der Waals surface area contributed by atoms with Gasteiger partial charge in [0.2, 0.25) is 0 Å². The van der Waals surface area contributed by atoms with Crippen molar-refractivity contribution in [2.24, 2.45) is 0 Å². The first kappa shape index (κ1) is 10.2. The second-order valence-electron chi connectivity index (χ2n) is 3.28. The van der Waals surface area contributed by atoms with Crippen LogP contribution < -0.4 is 0 Å². The Hall–Kier alpha value is -0.890. The fourth-order valence-corrected chi connectivity index (χ4v) is 1.38. The number of rotatable bonds is 1. The SMILES string of the molecule is C/C(S)=C/c1cc(C)cc(O)c1C. The van der Waals surface area contributed by atoms with Crippen LogP contribution in [0.2, 0.25) is 0 Å². The van der Waals surface area contributed by atoms with E-state index in [9.17, 15) is 5.11 Å². The monoisotopic (exact) mass is 194 g/mol. The van der Waals surface area contributed by atoms with E-state index in [1.807, 2.05) is 32.9 Å². The minimum atomic E-state index is 0.348. The van der Waals surface area contributed by atoms with Gasteiger partial charge in [-0.2, -0.15) is 0 Å². The van der Waals surface area contributed by atoms with Crippen LogP contribution in [-0.2, 0) is 0 Å². The summed E-state index contributed by atoms with van der Waals surface area (Å²) in [4.78, 5) is 0.938. The van der Waals surface area contributed by atoms with Crippen LogP contribution in [0.3, 0.4) is 0 Å². The van der Waals surface area contributed by atoms with E-state index in [0.29, 0.717) is 5.75 Å². The third kappa shape index (κ3) is 2.52. The Kier molecular flexibility index (Phi) is 3.04. The van der Waals surface area contributed by atoms with Crippen molar-refractivity contribution in [2.45, 2.75) is 20.8 Å². The van der Waals surface area contributed by atoms with Gasteiger partial charge in [-0.3, -0.25) is 0 Å². The Morgan fingerprint density at radius 2 is 2.00 bits per heavy atom. The van der Waals surface area contributed by atoms with Gasteiger partial charge in [-0.25, -0.2) is 0 Å². The molecule has 0 spiro atoms. The number of hydrogen-bond acceptors (Lipinski definition) is 2. The molecule has 0 atom stereocenters. The average Bonchev–Trinajstić information content (AvgIpc) is 1.98. The molecule has 0 aliphatic rings. The van der Waals surface area contributed by atoms with Crippen LogP contribution in [0.1, 0.15) is 23.6 Å². The molecule has 0 bridgehead atoms. The van der Waals surface area contributed by atoms with E-state index in [1.165, 1.54) is 0 Å². The Morgan fingerprint density at radius 3 is 2.54 bits per heavy atom. The highest BCUT2D eigenvalue weighted by molar-refractivity contribution is 7.84. The van der Waals surface area contributed by atoms with Crippen molar-refractivity contribution in [3.63, 3.8) is 0 Å². The van der Waals surface area contributed by atoms with Crippen molar-refractivity contribution in [1.82, 2.24) is 0 Å². The number of aryl methyl sites for hydroxylation is 1. The van der Waals surface area contributed by atoms with E-state index in [2.05, 4.69) is 12.6 Å². The lowest BCUT2D eigenvalue weighted by Crippen LogP contribution is -1.84. The van der Waals surface area contributed by atoms with Crippen molar-refractivity contribution in [2.75, 3.05) is 0 Å². The lowest BCUT2D eigenvalue weighted by molar-refractivity contribution is 0.470. The van der Waals surface area contributed by atoms with Gasteiger partial charge in [-0.1, -0.05) is 6.07 Å². The van der Waals surface area contributed by atoms with Gasteiger partial charge in [0, 0.05) is 0 Å². The minimum absolute atomic E-state index is 0.348. The molecule has 1 aromatic rings. The van der Waals surface area contributed by atoms with Gasteiger partial charge in [0.1, 0.15) is 5.75 Å². The van der Waals surface area contributed by atoms with Crippen molar-refractivity contribution in [3.8, 4) is 5.75 Å². The summed E-state index contributed by atoms with van der Waals surface area (Å²) in [6.07, 6.45) is 1.95. The van der Waals surface area contributed by atoms with Crippen LogP contribution in [0.4, 0.5) is 0 Å². The van der Waals surface area contributed by atoms with Crippen molar-refractivity contribution < 1.29 is 5.11 Å². The fourth-order valence-electron chi connectivity index (χ4n) is 1.24. The zero-order valence-electron chi connectivity index (χ0n) is 8.13. The highest BCUT2D eigenvalue weighted by Crippen LogP contribution is 2.24. The highest BCUT2D eigenvalue weighted by atomic mass is 32.1. The quantitative estimate of drug-likeness (QED) is 0.657. The van der Waals surface area contributed by atoms with E-state index in [-0.39, 0.29) is 0 Å². The summed E-state index contributed by atoms with van der Waals surface area (Å²) in [5, 5.41) is 9.54. The summed E-state index contributed by atoms with van der Waals surface area (Å²) >= 11 is 4.20. The molecule has 0 aliphatic heterocycles. The van der Waals surface area contributed by atoms with E-state index in [4.69, 9.17) is 0 Å². The molecule has 0 aromatic heterocycles. The Bertz CT molecular complexity index is 349. The van der Waals surface area contributed by atoms with Crippen molar-refractivity contribution >= 4 is 18.7 Å². The Labute approximate surface area is 84.5 Å². The van der Waals surface area contributed by atoms with Crippen LogP contribution in [0.25, 0.3) is 6.08 Å². The normalized spacial score (nSPS) is 11.8. The molecule has 1 aromatic carbocycles. The lowest BCUT2D eigenvalue weighted by Gasteiger charge is -2.05. The van der Waals surface area contributed by atoms with Crippen LogP contribution in [-0.4, -0.2) is 5.11 Å². The number of phenols is 1. The molecule has 0 saturated heterocycles. The Balaban J connectivity index is 3.28. The molecule has 1 rings (SSSR count). The maximum absolute atomic E-state index is 9.54. The first-order valence-corrected chi connectivity index (χ1v) is 4.63. The number of thiol groups is 1. The van der Waals surface area contributed by atoms with Gasteiger partial charge < -0.3 is 5.11 Å². The van der Waals surface area contributed by atoms with Gasteiger partial charge in [-0.15, -0.1) is 12.6 Å². The molecule has 0 aliphatic carbocycles. The summed E-state index contributed by atoms with van der Waals surface area (Å²) < 4.78 is 0. The first-order chi connectivity index (χ1) is 6.00. The van der Waals surface area contributed by atoms with E-state index in [0.717, 1.165) is 21.6 Å². The second kappa shape index (κ2) is 3.88. The summed E-state index contributed by atoms with van der Waals surface area (Å²) in [7, 11) is 0. The predicted octanol–water partition coefficient (Wildman–Crippen LogP) is 3.30. The largest absolute Gasteiger partial charge is 0.508 e. The second-order valence-corrected chi connectivity index (χ2v) is 3.99. The van der Waals surface area contributed by atoms with E-state index < -0.39 is 0 Å². The molecule has 0 saturated carbocycles. The third-order valence-corrected chi connectivity index (χ3v) is 2.06. The van der Waals surface area contributed by atoms with Crippen molar-refractivity contribution in [3.05, 3.63) is 33.7 Å². The van der Waals surface area contributed by atoms with Gasteiger partial charge in [0.15, 0.2) is 0 Å². The highest BCUT2D eigenvalue weighted by Gasteiger charge is 2.01. The topological polar surface area (TPSA) is 20.2 Å². The van der Waals surface area contributed by atoms with Crippen molar-refractivity contribution in [1.29, 1.82) is 0 Å². The first-order valence-electron chi connectivity index (χ1n) is 4.18. The molecule has 0 heterocycles. The zero-order valence-corrected chi connectivity index (χ0v) is 9.02.